The van der Waals surface area contributed by atoms with E-state index in [1.54, 1.807) is 0 Å². The van der Waals surface area contributed by atoms with Crippen LogP contribution in [0, 0.1) is 5.82 Å². The van der Waals surface area contributed by atoms with Crippen molar-refractivity contribution in [3.8, 4) is 11.4 Å². The Hall–Kier alpha value is -2.91. The van der Waals surface area contributed by atoms with Gasteiger partial charge in [0.2, 0.25) is 5.91 Å². The lowest BCUT2D eigenvalue weighted by Crippen LogP contribution is -2.42. The Morgan fingerprint density at radius 1 is 1.06 bits per heavy atom. The maximum atomic E-state index is 13.0. The van der Waals surface area contributed by atoms with Gasteiger partial charge in [0, 0.05) is 17.2 Å². The standard InChI is InChI=1S/C22H21ClFN5O2S/c23-18-8-4-3-7-17(18)20-26-28-22(29(20)16-5-1-2-6-16)32-13-19(30)25-27-21(31)14-9-11-15(24)12-10-14/h3-4,7-12,16H,1-2,5-6,13H2,(H,25,30)(H,27,31). The first kappa shape index (κ1) is 22.3. The lowest BCUT2D eigenvalue weighted by molar-refractivity contribution is -0.119. The predicted octanol–water partition coefficient (Wildman–Crippen LogP) is 4.41. The summed E-state index contributed by atoms with van der Waals surface area (Å²) in [4.78, 5) is 24.3. The molecule has 0 radical (unpaired) electrons. The van der Waals surface area contributed by atoms with Crippen LogP contribution in [0.3, 0.4) is 0 Å². The highest BCUT2D eigenvalue weighted by Crippen LogP contribution is 2.38. The van der Waals surface area contributed by atoms with E-state index in [1.165, 1.54) is 36.0 Å². The molecule has 32 heavy (non-hydrogen) atoms. The number of amides is 2. The van der Waals surface area contributed by atoms with E-state index in [2.05, 4.69) is 25.6 Å². The van der Waals surface area contributed by atoms with Gasteiger partial charge in [0.1, 0.15) is 5.82 Å². The second-order valence-electron chi connectivity index (χ2n) is 7.39. The van der Waals surface area contributed by atoms with Crippen molar-refractivity contribution in [2.75, 3.05) is 5.75 Å². The average Bonchev–Trinajstić information content (AvgIpc) is 3.46. The first-order chi connectivity index (χ1) is 15.5. The number of hydrogen-bond acceptors (Lipinski definition) is 5. The number of carbonyl (C=O) groups excluding carboxylic acids is 2. The molecule has 0 saturated heterocycles. The van der Waals surface area contributed by atoms with Crippen molar-refractivity contribution in [1.82, 2.24) is 25.6 Å². The fourth-order valence-corrected chi connectivity index (χ4v) is 4.69. The van der Waals surface area contributed by atoms with Crippen LogP contribution in [0.5, 0.6) is 0 Å². The number of benzene rings is 2. The van der Waals surface area contributed by atoms with E-state index in [1.807, 2.05) is 24.3 Å². The first-order valence-corrected chi connectivity index (χ1v) is 11.6. The van der Waals surface area contributed by atoms with E-state index in [0.717, 1.165) is 31.2 Å². The molecule has 10 heteroatoms. The van der Waals surface area contributed by atoms with Gasteiger partial charge in [0.15, 0.2) is 11.0 Å². The van der Waals surface area contributed by atoms with E-state index in [4.69, 9.17) is 11.6 Å². The van der Waals surface area contributed by atoms with Gasteiger partial charge in [-0.3, -0.25) is 25.0 Å². The average molecular weight is 474 g/mol. The molecule has 166 valence electrons. The predicted molar refractivity (Wildman–Crippen MR) is 121 cm³/mol. The molecule has 2 N–H and O–H groups in total. The van der Waals surface area contributed by atoms with Crippen molar-refractivity contribution < 1.29 is 14.0 Å². The van der Waals surface area contributed by atoms with Crippen LogP contribution in [-0.4, -0.2) is 32.3 Å². The number of hydrazine groups is 1. The van der Waals surface area contributed by atoms with Crippen molar-refractivity contribution in [3.05, 3.63) is 64.9 Å². The van der Waals surface area contributed by atoms with Gasteiger partial charge in [-0.1, -0.05) is 48.3 Å². The third-order valence-corrected chi connectivity index (χ3v) is 6.50. The molecule has 1 saturated carbocycles. The molecule has 1 heterocycles. The quantitative estimate of drug-likeness (QED) is 0.409. The zero-order valence-corrected chi connectivity index (χ0v) is 18.6. The van der Waals surface area contributed by atoms with Gasteiger partial charge >= 0.3 is 0 Å². The molecule has 7 nitrogen and oxygen atoms in total. The minimum atomic E-state index is -0.529. The minimum absolute atomic E-state index is 0.0388. The number of halogens is 2. The highest BCUT2D eigenvalue weighted by molar-refractivity contribution is 7.99. The van der Waals surface area contributed by atoms with Crippen LogP contribution in [0.1, 0.15) is 42.1 Å². The molecule has 1 aromatic heterocycles. The normalized spacial score (nSPS) is 13.8. The summed E-state index contributed by atoms with van der Waals surface area (Å²) in [6.07, 6.45) is 4.29. The van der Waals surface area contributed by atoms with Crippen LogP contribution in [0.4, 0.5) is 4.39 Å². The van der Waals surface area contributed by atoms with Crippen LogP contribution in [0.15, 0.2) is 53.7 Å². The van der Waals surface area contributed by atoms with Gasteiger partial charge in [-0.15, -0.1) is 10.2 Å². The fourth-order valence-electron chi connectivity index (χ4n) is 3.66. The molecule has 0 spiro atoms. The zero-order chi connectivity index (χ0) is 22.5. The van der Waals surface area contributed by atoms with Crippen LogP contribution in [0.2, 0.25) is 5.02 Å². The SMILES string of the molecule is O=C(CSc1nnc(-c2ccccc2Cl)n1C1CCCC1)NNC(=O)c1ccc(F)cc1. The molecule has 2 amide bonds. The summed E-state index contributed by atoms with van der Waals surface area (Å²) in [5, 5.41) is 9.91. The lowest BCUT2D eigenvalue weighted by Gasteiger charge is -2.17. The fraction of sp³-hybridized carbons (Fsp3) is 0.273. The Bertz CT molecular complexity index is 1120. The number of aromatic nitrogens is 3. The second kappa shape index (κ2) is 10.1. The van der Waals surface area contributed by atoms with Gasteiger partial charge in [0.25, 0.3) is 5.91 Å². The number of thioether (sulfide) groups is 1. The van der Waals surface area contributed by atoms with Crippen molar-refractivity contribution >= 4 is 35.2 Å². The molecule has 0 aliphatic heterocycles. The molecule has 2 aromatic carbocycles. The minimum Gasteiger partial charge on any atom is -0.299 e. The largest absolute Gasteiger partial charge is 0.299 e. The molecule has 3 aromatic rings. The van der Waals surface area contributed by atoms with Crippen molar-refractivity contribution in [3.63, 3.8) is 0 Å². The summed E-state index contributed by atoms with van der Waals surface area (Å²) < 4.78 is 15.1. The van der Waals surface area contributed by atoms with Crippen LogP contribution < -0.4 is 10.9 Å². The third-order valence-electron chi connectivity index (χ3n) is 5.22. The van der Waals surface area contributed by atoms with Crippen molar-refractivity contribution in [1.29, 1.82) is 0 Å². The van der Waals surface area contributed by atoms with Gasteiger partial charge in [-0.05, 0) is 49.2 Å². The Morgan fingerprint density at radius 2 is 1.78 bits per heavy atom. The maximum absolute atomic E-state index is 13.0. The molecular weight excluding hydrogens is 453 g/mol. The van der Waals surface area contributed by atoms with Gasteiger partial charge in [0.05, 0.1) is 10.8 Å². The Kier molecular flexibility index (Phi) is 7.06. The summed E-state index contributed by atoms with van der Waals surface area (Å²) in [6.45, 7) is 0. The van der Waals surface area contributed by atoms with E-state index in [0.29, 0.717) is 16.0 Å². The van der Waals surface area contributed by atoms with Crippen LogP contribution >= 0.6 is 23.4 Å². The highest BCUT2D eigenvalue weighted by Gasteiger charge is 2.26. The summed E-state index contributed by atoms with van der Waals surface area (Å²) in [5.41, 5.74) is 5.74. The molecular formula is C22H21ClFN5O2S. The van der Waals surface area contributed by atoms with Crippen LogP contribution in [0.25, 0.3) is 11.4 Å². The maximum Gasteiger partial charge on any atom is 0.269 e. The summed E-state index contributed by atoms with van der Waals surface area (Å²) in [6, 6.07) is 12.8. The second-order valence-corrected chi connectivity index (χ2v) is 8.74. The number of rotatable bonds is 6. The Labute approximate surface area is 193 Å². The number of hydrogen-bond donors (Lipinski definition) is 2. The highest BCUT2D eigenvalue weighted by atomic mass is 35.5. The number of nitrogens with zero attached hydrogens (tertiary/aromatic N) is 3. The van der Waals surface area contributed by atoms with Gasteiger partial charge in [-0.25, -0.2) is 4.39 Å². The molecule has 1 aliphatic carbocycles. The topological polar surface area (TPSA) is 88.9 Å². The Balaban J connectivity index is 1.42. The smallest absolute Gasteiger partial charge is 0.269 e. The summed E-state index contributed by atoms with van der Waals surface area (Å²) >= 11 is 7.64. The van der Waals surface area contributed by atoms with Gasteiger partial charge in [-0.2, -0.15) is 0 Å². The molecule has 0 unspecified atom stereocenters. The Morgan fingerprint density at radius 3 is 2.50 bits per heavy atom. The number of nitrogens with one attached hydrogen (secondary N) is 2. The van der Waals surface area contributed by atoms with E-state index < -0.39 is 17.6 Å². The first-order valence-electron chi connectivity index (χ1n) is 10.2. The molecule has 1 fully saturated rings. The monoisotopic (exact) mass is 473 g/mol. The lowest BCUT2D eigenvalue weighted by atomic mass is 10.2. The van der Waals surface area contributed by atoms with Crippen molar-refractivity contribution in [2.45, 2.75) is 36.9 Å². The molecule has 1 aliphatic rings. The summed E-state index contributed by atoms with van der Waals surface area (Å²) in [7, 11) is 0. The molecule has 4 rings (SSSR count). The summed E-state index contributed by atoms with van der Waals surface area (Å²) in [5.74, 6) is -0.638. The molecule has 0 bridgehead atoms. The zero-order valence-electron chi connectivity index (χ0n) is 17.1. The van der Waals surface area contributed by atoms with Crippen LogP contribution in [-0.2, 0) is 4.79 Å². The van der Waals surface area contributed by atoms with E-state index in [-0.39, 0.29) is 17.4 Å². The van der Waals surface area contributed by atoms with Crippen molar-refractivity contribution in [2.24, 2.45) is 0 Å². The number of carbonyl (C=O) groups is 2. The van der Waals surface area contributed by atoms with Gasteiger partial charge < -0.3 is 0 Å². The third kappa shape index (κ3) is 5.11. The van der Waals surface area contributed by atoms with E-state index >= 15 is 0 Å². The molecule has 0 atom stereocenters. The van der Waals surface area contributed by atoms with E-state index in [9.17, 15) is 14.0 Å².